The Morgan fingerprint density at radius 2 is 1.95 bits per heavy atom. The van der Waals surface area contributed by atoms with Gasteiger partial charge in [-0.1, -0.05) is 12.5 Å². The summed E-state index contributed by atoms with van der Waals surface area (Å²) < 4.78 is 11.2. The summed E-state index contributed by atoms with van der Waals surface area (Å²) in [5.41, 5.74) is 1.29. The van der Waals surface area contributed by atoms with E-state index < -0.39 is 0 Å². The summed E-state index contributed by atoms with van der Waals surface area (Å²) in [6, 6.07) is 7.71. The highest BCUT2D eigenvalue weighted by Crippen LogP contribution is 2.31. The molecule has 2 unspecified atom stereocenters. The number of fused-ring (bicyclic) bond motifs is 2. The van der Waals surface area contributed by atoms with Gasteiger partial charge in [-0.3, -0.25) is 4.90 Å². The van der Waals surface area contributed by atoms with Crippen molar-refractivity contribution in [3.05, 3.63) is 23.8 Å². The first-order valence-electron chi connectivity index (χ1n) is 8.26. The van der Waals surface area contributed by atoms with Gasteiger partial charge in [0, 0.05) is 25.2 Å². The van der Waals surface area contributed by atoms with Crippen LogP contribution >= 0.6 is 0 Å². The van der Waals surface area contributed by atoms with Crippen LogP contribution in [0.3, 0.4) is 0 Å². The first-order valence-corrected chi connectivity index (χ1v) is 8.26. The van der Waals surface area contributed by atoms with Crippen LogP contribution in [0.2, 0.25) is 0 Å². The van der Waals surface area contributed by atoms with E-state index in [-0.39, 0.29) is 0 Å². The predicted molar refractivity (Wildman–Crippen MR) is 81.9 cm³/mol. The van der Waals surface area contributed by atoms with E-state index in [1.807, 2.05) is 6.07 Å². The Bertz CT molecular complexity index is 506. The average molecular weight is 288 g/mol. The topological polar surface area (TPSA) is 33.7 Å². The molecule has 2 saturated heterocycles. The first kappa shape index (κ1) is 13.4. The maximum absolute atomic E-state index is 5.66. The number of rotatable bonds is 3. The molecule has 4 nitrogen and oxygen atoms in total. The van der Waals surface area contributed by atoms with Gasteiger partial charge in [-0.15, -0.1) is 0 Å². The van der Waals surface area contributed by atoms with Crippen LogP contribution in [-0.4, -0.2) is 43.3 Å². The first-order chi connectivity index (χ1) is 10.4. The molecule has 0 spiro atoms. The largest absolute Gasteiger partial charge is 0.486 e. The third kappa shape index (κ3) is 2.74. The molecular weight excluding hydrogens is 264 g/mol. The number of nitrogens with one attached hydrogen (secondary N) is 1. The van der Waals surface area contributed by atoms with Gasteiger partial charge in [0.1, 0.15) is 13.2 Å². The van der Waals surface area contributed by atoms with Gasteiger partial charge in [0.05, 0.1) is 0 Å². The van der Waals surface area contributed by atoms with E-state index in [1.54, 1.807) is 0 Å². The highest BCUT2D eigenvalue weighted by molar-refractivity contribution is 5.43. The fraction of sp³-hybridized carbons (Fsp3) is 0.647. The molecule has 114 valence electrons. The quantitative estimate of drug-likeness (QED) is 0.924. The standard InChI is InChI=1S/C17H24N2O2/c1-2-7-19-8-6-14(15(19)3-1)18-12-13-4-5-16-17(11-13)21-10-9-20-16/h4-5,11,14-15,18H,1-3,6-10,12H2. The zero-order chi connectivity index (χ0) is 14.1. The van der Waals surface area contributed by atoms with Crippen LogP contribution in [0.5, 0.6) is 11.5 Å². The Morgan fingerprint density at radius 3 is 2.90 bits per heavy atom. The number of nitrogens with zero attached hydrogens (tertiary/aromatic N) is 1. The second-order valence-electron chi connectivity index (χ2n) is 6.35. The molecule has 0 saturated carbocycles. The molecule has 2 fully saturated rings. The fourth-order valence-corrected chi connectivity index (χ4v) is 3.93. The van der Waals surface area contributed by atoms with E-state index in [0.29, 0.717) is 19.3 Å². The molecule has 0 bridgehead atoms. The van der Waals surface area contributed by atoms with E-state index in [0.717, 1.165) is 24.1 Å². The van der Waals surface area contributed by atoms with Crippen LogP contribution in [0, 0.1) is 0 Å². The van der Waals surface area contributed by atoms with E-state index in [9.17, 15) is 0 Å². The van der Waals surface area contributed by atoms with E-state index in [2.05, 4.69) is 22.3 Å². The minimum absolute atomic E-state index is 0.651. The molecule has 1 aromatic carbocycles. The van der Waals surface area contributed by atoms with Crippen LogP contribution in [0.15, 0.2) is 18.2 Å². The lowest BCUT2D eigenvalue weighted by Gasteiger charge is -2.32. The number of benzene rings is 1. The molecule has 21 heavy (non-hydrogen) atoms. The van der Waals surface area contributed by atoms with Crippen molar-refractivity contribution in [2.75, 3.05) is 26.3 Å². The molecule has 4 rings (SSSR count). The maximum Gasteiger partial charge on any atom is 0.161 e. The van der Waals surface area contributed by atoms with Crippen molar-refractivity contribution in [1.82, 2.24) is 10.2 Å². The Balaban J connectivity index is 1.38. The highest BCUT2D eigenvalue weighted by Gasteiger charge is 2.34. The summed E-state index contributed by atoms with van der Waals surface area (Å²) in [6.45, 7) is 4.80. The molecular formula is C17H24N2O2. The van der Waals surface area contributed by atoms with Gasteiger partial charge >= 0.3 is 0 Å². The van der Waals surface area contributed by atoms with Crippen molar-refractivity contribution in [2.24, 2.45) is 0 Å². The predicted octanol–water partition coefficient (Wildman–Crippen LogP) is 2.17. The molecule has 0 amide bonds. The van der Waals surface area contributed by atoms with Crippen LogP contribution in [0.1, 0.15) is 31.2 Å². The summed E-state index contributed by atoms with van der Waals surface area (Å²) in [6.07, 6.45) is 5.42. The highest BCUT2D eigenvalue weighted by atomic mass is 16.6. The Labute approximate surface area is 126 Å². The van der Waals surface area contributed by atoms with Gasteiger partial charge in [0.15, 0.2) is 11.5 Å². The minimum Gasteiger partial charge on any atom is -0.486 e. The molecule has 3 heterocycles. The molecule has 0 radical (unpaired) electrons. The van der Waals surface area contributed by atoms with Crippen molar-refractivity contribution < 1.29 is 9.47 Å². The lowest BCUT2D eigenvalue weighted by Crippen LogP contribution is -2.44. The van der Waals surface area contributed by atoms with Crippen LogP contribution < -0.4 is 14.8 Å². The number of ether oxygens (including phenoxy) is 2. The molecule has 0 aliphatic carbocycles. The SMILES string of the molecule is c1cc2c(cc1CNC1CCN3CCCCC13)OCCO2. The molecule has 3 aliphatic heterocycles. The van der Waals surface area contributed by atoms with Crippen molar-refractivity contribution >= 4 is 0 Å². The third-order valence-corrected chi connectivity index (χ3v) is 5.03. The van der Waals surface area contributed by atoms with E-state index in [4.69, 9.17) is 9.47 Å². The van der Waals surface area contributed by atoms with Gasteiger partial charge in [0.25, 0.3) is 0 Å². The van der Waals surface area contributed by atoms with Gasteiger partial charge in [-0.25, -0.2) is 0 Å². The van der Waals surface area contributed by atoms with Gasteiger partial charge in [0.2, 0.25) is 0 Å². The maximum atomic E-state index is 5.66. The van der Waals surface area contributed by atoms with Crippen molar-refractivity contribution in [1.29, 1.82) is 0 Å². The zero-order valence-corrected chi connectivity index (χ0v) is 12.5. The minimum atomic E-state index is 0.651. The summed E-state index contributed by atoms with van der Waals surface area (Å²) in [4.78, 5) is 2.67. The molecule has 1 aromatic rings. The van der Waals surface area contributed by atoms with Gasteiger partial charge in [-0.05, 0) is 43.5 Å². The molecule has 3 aliphatic rings. The van der Waals surface area contributed by atoms with Crippen molar-refractivity contribution in [3.63, 3.8) is 0 Å². The monoisotopic (exact) mass is 288 g/mol. The number of hydrogen-bond donors (Lipinski definition) is 1. The van der Waals surface area contributed by atoms with Crippen LogP contribution in [0.4, 0.5) is 0 Å². The van der Waals surface area contributed by atoms with E-state index in [1.165, 1.54) is 44.3 Å². The second kappa shape index (κ2) is 5.85. The molecule has 2 atom stereocenters. The lowest BCUT2D eigenvalue weighted by atomic mass is 9.99. The normalized spacial score (nSPS) is 28.4. The molecule has 0 aromatic heterocycles. The number of hydrogen-bond acceptors (Lipinski definition) is 4. The number of piperidine rings is 1. The molecule has 4 heteroatoms. The van der Waals surface area contributed by atoms with Gasteiger partial charge < -0.3 is 14.8 Å². The van der Waals surface area contributed by atoms with Crippen LogP contribution in [0.25, 0.3) is 0 Å². The fourth-order valence-electron chi connectivity index (χ4n) is 3.93. The Hall–Kier alpha value is -1.26. The average Bonchev–Trinajstić information content (AvgIpc) is 2.96. The van der Waals surface area contributed by atoms with E-state index >= 15 is 0 Å². The summed E-state index contributed by atoms with van der Waals surface area (Å²) in [5, 5.41) is 3.77. The van der Waals surface area contributed by atoms with Gasteiger partial charge in [-0.2, -0.15) is 0 Å². The molecule has 1 N–H and O–H groups in total. The zero-order valence-electron chi connectivity index (χ0n) is 12.5. The summed E-state index contributed by atoms with van der Waals surface area (Å²) in [7, 11) is 0. The smallest absolute Gasteiger partial charge is 0.161 e. The van der Waals surface area contributed by atoms with Crippen molar-refractivity contribution in [3.8, 4) is 11.5 Å². The second-order valence-corrected chi connectivity index (χ2v) is 6.35. The lowest BCUT2D eigenvalue weighted by molar-refractivity contribution is 0.171. The summed E-state index contributed by atoms with van der Waals surface area (Å²) in [5.74, 6) is 1.77. The van der Waals surface area contributed by atoms with Crippen LogP contribution in [-0.2, 0) is 6.54 Å². The summed E-state index contributed by atoms with van der Waals surface area (Å²) >= 11 is 0. The Kier molecular flexibility index (Phi) is 3.74. The van der Waals surface area contributed by atoms with Crippen molar-refractivity contribution in [2.45, 2.75) is 44.3 Å². The third-order valence-electron chi connectivity index (χ3n) is 5.03. The Morgan fingerprint density at radius 1 is 1.05 bits per heavy atom.